The number of aromatic carboxylic acids is 1. The minimum Gasteiger partial charge on any atom is -0.507 e. The number of rotatable bonds is 3. The lowest BCUT2D eigenvalue weighted by Gasteiger charge is -2.12. The SMILES string of the molecule is Cc1cccc(C(=O)O)c1NC(=O)c1ccc(F)cc1O. The molecule has 0 fully saturated rings. The summed E-state index contributed by atoms with van der Waals surface area (Å²) in [7, 11) is 0. The summed E-state index contributed by atoms with van der Waals surface area (Å²) in [6.45, 7) is 1.65. The van der Waals surface area contributed by atoms with Gasteiger partial charge in [-0.3, -0.25) is 4.79 Å². The average molecular weight is 289 g/mol. The molecule has 0 aromatic heterocycles. The van der Waals surface area contributed by atoms with Crippen molar-refractivity contribution in [3.05, 3.63) is 58.9 Å². The van der Waals surface area contributed by atoms with E-state index in [1.165, 1.54) is 6.07 Å². The first-order valence-corrected chi connectivity index (χ1v) is 6.03. The number of phenolic OH excluding ortho intramolecular Hbond substituents is 1. The van der Waals surface area contributed by atoms with E-state index >= 15 is 0 Å². The van der Waals surface area contributed by atoms with Crippen LogP contribution in [0.4, 0.5) is 10.1 Å². The van der Waals surface area contributed by atoms with Crippen LogP contribution in [0.5, 0.6) is 5.75 Å². The lowest BCUT2D eigenvalue weighted by Crippen LogP contribution is -2.16. The number of carboxylic acids is 1. The van der Waals surface area contributed by atoms with Crippen molar-refractivity contribution in [2.75, 3.05) is 5.32 Å². The van der Waals surface area contributed by atoms with Gasteiger partial charge < -0.3 is 15.5 Å². The molecule has 0 aliphatic carbocycles. The van der Waals surface area contributed by atoms with Crippen molar-refractivity contribution in [1.29, 1.82) is 0 Å². The van der Waals surface area contributed by atoms with Gasteiger partial charge in [-0.2, -0.15) is 0 Å². The maximum absolute atomic E-state index is 12.9. The average Bonchev–Trinajstić information content (AvgIpc) is 2.40. The number of nitrogens with one attached hydrogen (secondary N) is 1. The highest BCUT2D eigenvalue weighted by Crippen LogP contribution is 2.24. The van der Waals surface area contributed by atoms with Crippen LogP contribution in [0, 0.1) is 12.7 Å². The van der Waals surface area contributed by atoms with Crippen LogP contribution in [0.25, 0.3) is 0 Å². The molecule has 0 atom stereocenters. The van der Waals surface area contributed by atoms with E-state index in [-0.39, 0.29) is 16.8 Å². The Labute approximate surface area is 119 Å². The fourth-order valence-corrected chi connectivity index (χ4v) is 1.89. The molecule has 0 bridgehead atoms. The fourth-order valence-electron chi connectivity index (χ4n) is 1.89. The second-order valence-electron chi connectivity index (χ2n) is 4.42. The van der Waals surface area contributed by atoms with Crippen molar-refractivity contribution in [3.8, 4) is 5.75 Å². The summed E-state index contributed by atoms with van der Waals surface area (Å²) in [5.74, 6) is -3.09. The maximum Gasteiger partial charge on any atom is 0.337 e. The van der Waals surface area contributed by atoms with Crippen molar-refractivity contribution in [2.45, 2.75) is 6.92 Å². The second kappa shape index (κ2) is 5.62. The summed E-state index contributed by atoms with van der Waals surface area (Å²) < 4.78 is 12.9. The van der Waals surface area contributed by atoms with Gasteiger partial charge in [-0.15, -0.1) is 0 Å². The molecule has 0 saturated heterocycles. The van der Waals surface area contributed by atoms with Crippen LogP contribution >= 0.6 is 0 Å². The highest BCUT2D eigenvalue weighted by atomic mass is 19.1. The number of halogens is 1. The number of amides is 1. The van der Waals surface area contributed by atoms with Crippen molar-refractivity contribution >= 4 is 17.6 Å². The zero-order chi connectivity index (χ0) is 15.6. The molecule has 1 amide bonds. The molecule has 5 nitrogen and oxygen atoms in total. The number of hydrogen-bond acceptors (Lipinski definition) is 3. The Morgan fingerprint density at radius 1 is 1.14 bits per heavy atom. The van der Waals surface area contributed by atoms with Gasteiger partial charge in [0.15, 0.2) is 0 Å². The largest absolute Gasteiger partial charge is 0.507 e. The number of phenols is 1. The van der Waals surface area contributed by atoms with Crippen molar-refractivity contribution in [1.82, 2.24) is 0 Å². The zero-order valence-electron chi connectivity index (χ0n) is 11.1. The molecule has 6 heteroatoms. The summed E-state index contributed by atoms with van der Waals surface area (Å²) in [5.41, 5.74) is 0.490. The molecule has 0 saturated carbocycles. The summed E-state index contributed by atoms with van der Waals surface area (Å²) in [6, 6.07) is 7.53. The van der Waals surface area contributed by atoms with Crippen LogP contribution in [0.2, 0.25) is 0 Å². The van der Waals surface area contributed by atoms with E-state index in [4.69, 9.17) is 5.11 Å². The maximum atomic E-state index is 12.9. The number of benzene rings is 2. The first-order valence-electron chi connectivity index (χ1n) is 6.03. The standard InChI is InChI=1S/C15H12FNO4/c1-8-3-2-4-11(15(20)21)13(8)17-14(19)10-6-5-9(16)7-12(10)18/h2-7,18H,1H3,(H,17,19)(H,20,21). The van der Waals surface area contributed by atoms with Crippen LogP contribution in [0.3, 0.4) is 0 Å². The number of carbonyl (C=O) groups excluding carboxylic acids is 1. The molecule has 108 valence electrons. The number of para-hydroxylation sites is 1. The number of hydrogen-bond donors (Lipinski definition) is 3. The predicted octanol–water partition coefficient (Wildman–Crippen LogP) is 2.79. The number of carbonyl (C=O) groups is 2. The summed E-state index contributed by atoms with van der Waals surface area (Å²) in [6.07, 6.45) is 0. The van der Waals surface area contributed by atoms with Crippen LogP contribution in [-0.2, 0) is 0 Å². The predicted molar refractivity (Wildman–Crippen MR) is 74.2 cm³/mol. The highest BCUT2D eigenvalue weighted by Gasteiger charge is 2.17. The van der Waals surface area contributed by atoms with Crippen molar-refractivity contribution in [2.24, 2.45) is 0 Å². The minimum absolute atomic E-state index is 0.0649. The van der Waals surface area contributed by atoms with Crippen molar-refractivity contribution < 1.29 is 24.2 Å². The third kappa shape index (κ3) is 3.00. The van der Waals surface area contributed by atoms with E-state index < -0.39 is 23.4 Å². The van der Waals surface area contributed by atoms with E-state index in [9.17, 15) is 19.1 Å². The van der Waals surface area contributed by atoms with Gasteiger partial charge in [-0.05, 0) is 30.7 Å². The van der Waals surface area contributed by atoms with Crippen LogP contribution in [0.1, 0.15) is 26.3 Å². The lowest BCUT2D eigenvalue weighted by atomic mass is 10.1. The first kappa shape index (κ1) is 14.5. The quantitative estimate of drug-likeness (QED) is 0.811. The van der Waals surface area contributed by atoms with Crippen molar-refractivity contribution in [3.63, 3.8) is 0 Å². The third-order valence-corrected chi connectivity index (χ3v) is 2.95. The molecule has 0 spiro atoms. The molecule has 0 radical (unpaired) electrons. The van der Waals surface area contributed by atoms with E-state index in [1.54, 1.807) is 19.1 Å². The Morgan fingerprint density at radius 3 is 2.48 bits per heavy atom. The van der Waals surface area contributed by atoms with Gasteiger partial charge in [-0.1, -0.05) is 12.1 Å². The fraction of sp³-hybridized carbons (Fsp3) is 0.0667. The van der Waals surface area contributed by atoms with E-state index in [2.05, 4.69) is 5.32 Å². The number of aryl methyl sites for hydroxylation is 1. The van der Waals surface area contributed by atoms with E-state index in [0.717, 1.165) is 18.2 Å². The monoisotopic (exact) mass is 289 g/mol. The Hall–Kier alpha value is -2.89. The van der Waals surface area contributed by atoms with Gasteiger partial charge in [0.1, 0.15) is 11.6 Å². The Morgan fingerprint density at radius 2 is 1.86 bits per heavy atom. The normalized spacial score (nSPS) is 10.2. The zero-order valence-corrected chi connectivity index (χ0v) is 11.1. The number of carboxylic acid groups (broad SMARTS) is 1. The van der Waals surface area contributed by atoms with Crippen LogP contribution in [0.15, 0.2) is 36.4 Å². The second-order valence-corrected chi connectivity index (χ2v) is 4.42. The molecule has 3 N–H and O–H groups in total. The summed E-state index contributed by atoms with van der Waals surface area (Å²) in [4.78, 5) is 23.2. The molecular formula is C15H12FNO4. The molecule has 0 aliphatic heterocycles. The van der Waals surface area contributed by atoms with Gasteiger partial charge in [0, 0.05) is 6.07 Å². The molecule has 0 unspecified atom stereocenters. The lowest BCUT2D eigenvalue weighted by molar-refractivity contribution is 0.0698. The van der Waals surface area contributed by atoms with Crippen LogP contribution < -0.4 is 5.32 Å². The smallest absolute Gasteiger partial charge is 0.337 e. The minimum atomic E-state index is -1.18. The Bertz CT molecular complexity index is 728. The van der Waals surface area contributed by atoms with Gasteiger partial charge in [-0.25, -0.2) is 9.18 Å². The van der Waals surface area contributed by atoms with Crippen LogP contribution in [-0.4, -0.2) is 22.1 Å². The molecular weight excluding hydrogens is 277 g/mol. The van der Waals surface area contributed by atoms with Gasteiger partial charge in [0.2, 0.25) is 0 Å². The van der Waals surface area contributed by atoms with Gasteiger partial charge in [0.05, 0.1) is 16.8 Å². The third-order valence-electron chi connectivity index (χ3n) is 2.95. The van der Waals surface area contributed by atoms with E-state index in [1.807, 2.05) is 0 Å². The Balaban J connectivity index is 2.38. The highest BCUT2D eigenvalue weighted by molar-refractivity contribution is 6.09. The summed E-state index contributed by atoms with van der Waals surface area (Å²) in [5, 5.41) is 21.1. The molecule has 2 aromatic carbocycles. The van der Waals surface area contributed by atoms with Gasteiger partial charge in [0.25, 0.3) is 5.91 Å². The Kier molecular flexibility index (Phi) is 3.89. The molecule has 2 aromatic rings. The number of aromatic hydroxyl groups is 1. The van der Waals surface area contributed by atoms with Gasteiger partial charge >= 0.3 is 5.97 Å². The van der Waals surface area contributed by atoms with E-state index in [0.29, 0.717) is 5.56 Å². The molecule has 0 aliphatic rings. The molecule has 21 heavy (non-hydrogen) atoms. The molecule has 0 heterocycles. The summed E-state index contributed by atoms with van der Waals surface area (Å²) >= 11 is 0. The first-order chi connectivity index (χ1) is 9.90. The molecule has 2 rings (SSSR count). The number of anilines is 1. The topological polar surface area (TPSA) is 86.6 Å².